The van der Waals surface area contributed by atoms with Gasteiger partial charge in [-0.3, -0.25) is 0 Å². The van der Waals surface area contributed by atoms with Gasteiger partial charge in [0.2, 0.25) is 0 Å². The fourth-order valence-corrected chi connectivity index (χ4v) is 2.41. The van der Waals surface area contributed by atoms with Crippen molar-refractivity contribution >= 4 is 0 Å². The molecule has 1 nitrogen and oxygen atoms in total. The first-order chi connectivity index (χ1) is 15.3. The summed E-state index contributed by atoms with van der Waals surface area (Å²) in [6.45, 7) is 15.4. The number of hydrogen-bond donors (Lipinski definition) is 1. The first-order valence-electron chi connectivity index (χ1n) is 10.6. The Hall–Kier alpha value is -2.84. The van der Waals surface area contributed by atoms with Crippen molar-refractivity contribution in [3.63, 3.8) is 0 Å². The topological polar surface area (TPSA) is 20.2 Å². The van der Waals surface area contributed by atoms with Crippen molar-refractivity contribution < 1.29 is 26.8 Å². The van der Waals surface area contributed by atoms with E-state index in [-0.39, 0.29) is 33.7 Å². The number of rotatable bonds is 2. The Labute approximate surface area is 216 Å². The molecule has 0 amide bonds. The van der Waals surface area contributed by atoms with Crippen LogP contribution >= 0.6 is 0 Å². The van der Waals surface area contributed by atoms with Crippen LogP contribution in [0.25, 0.3) is 0 Å². The molecule has 0 bridgehead atoms. The van der Waals surface area contributed by atoms with Crippen LogP contribution in [0.2, 0.25) is 0 Å². The minimum Gasteiger partial charge on any atom is -0.395 e. The van der Waals surface area contributed by atoms with Crippen LogP contribution in [0.4, 0.5) is 0 Å². The Morgan fingerprint density at radius 2 is 0.758 bits per heavy atom. The Bertz CT molecular complexity index is 848. The van der Waals surface area contributed by atoms with Gasteiger partial charge in [0.1, 0.15) is 0 Å². The summed E-state index contributed by atoms with van der Waals surface area (Å²) in [6.07, 6.45) is 0. The zero-order valence-corrected chi connectivity index (χ0v) is 21.4. The number of hydrogen-bond acceptors (Lipinski definition) is 1. The molecular formula is C31H35OTi. The van der Waals surface area contributed by atoms with Crippen LogP contribution in [-0.4, -0.2) is 11.7 Å². The Balaban J connectivity index is 0.000000418. The SMILES string of the molecule is CC(C)(CO)c1ccccc1.[CH2-]c1ccccc1.[CH2-]c1ccccc1.[CH2-]c1ccccc1.[Ti+3]. The molecule has 4 rings (SSSR count). The first-order valence-corrected chi connectivity index (χ1v) is 10.6. The third-order valence-corrected chi connectivity index (χ3v) is 4.48. The maximum absolute atomic E-state index is 9.05. The Morgan fingerprint density at radius 1 is 0.515 bits per heavy atom. The maximum Gasteiger partial charge on any atom is 3.00 e. The summed E-state index contributed by atoms with van der Waals surface area (Å²) in [7, 11) is 0. The summed E-state index contributed by atoms with van der Waals surface area (Å²) in [5, 5.41) is 9.05. The van der Waals surface area contributed by atoms with Gasteiger partial charge in [0.15, 0.2) is 0 Å². The molecule has 2 heteroatoms. The van der Waals surface area contributed by atoms with Crippen LogP contribution in [-0.2, 0) is 27.1 Å². The van der Waals surface area contributed by atoms with Crippen LogP contribution in [0, 0.1) is 20.8 Å². The summed E-state index contributed by atoms with van der Waals surface area (Å²) in [4.78, 5) is 0. The van der Waals surface area contributed by atoms with E-state index in [9.17, 15) is 0 Å². The van der Waals surface area contributed by atoms with E-state index in [0.29, 0.717) is 0 Å². The third kappa shape index (κ3) is 14.8. The number of aliphatic hydroxyl groups is 1. The molecule has 4 aromatic carbocycles. The van der Waals surface area contributed by atoms with Crippen molar-refractivity contribution in [2.24, 2.45) is 0 Å². The van der Waals surface area contributed by atoms with Gasteiger partial charge in [-0.1, -0.05) is 62.4 Å². The van der Waals surface area contributed by atoms with Crippen molar-refractivity contribution in [2.75, 3.05) is 6.61 Å². The molecule has 0 unspecified atom stereocenters. The van der Waals surface area contributed by atoms with Gasteiger partial charge in [-0.2, -0.15) is 73.9 Å². The number of benzene rings is 4. The Morgan fingerprint density at radius 3 is 0.939 bits per heavy atom. The molecule has 33 heavy (non-hydrogen) atoms. The molecule has 0 aromatic heterocycles. The summed E-state index contributed by atoms with van der Waals surface area (Å²) in [6, 6.07) is 39.7. The second kappa shape index (κ2) is 17.7. The average molecular weight is 471 g/mol. The Kier molecular flexibility index (Phi) is 16.2. The van der Waals surface area contributed by atoms with Crippen LogP contribution < -0.4 is 0 Å². The molecular weight excluding hydrogens is 436 g/mol. The molecule has 1 radical (unpaired) electrons. The van der Waals surface area contributed by atoms with E-state index in [4.69, 9.17) is 5.11 Å². The number of aliphatic hydroxyl groups excluding tert-OH is 1. The molecule has 0 aliphatic rings. The van der Waals surface area contributed by atoms with Crippen molar-refractivity contribution in [3.8, 4) is 0 Å². The second-order valence-corrected chi connectivity index (χ2v) is 7.86. The molecule has 0 aliphatic heterocycles. The molecule has 0 fully saturated rings. The van der Waals surface area contributed by atoms with Gasteiger partial charge in [-0.15, -0.1) is 36.4 Å². The molecule has 0 spiro atoms. The predicted molar refractivity (Wildman–Crippen MR) is 139 cm³/mol. The fraction of sp³-hybridized carbons (Fsp3) is 0.129. The second-order valence-electron chi connectivity index (χ2n) is 7.86. The molecule has 0 aliphatic carbocycles. The summed E-state index contributed by atoms with van der Waals surface area (Å²) in [5.41, 5.74) is 4.29. The minimum absolute atomic E-state index is 0. The third-order valence-electron chi connectivity index (χ3n) is 4.48. The summed E-state index contributed by atoms with van der Waals surface area (Å²) >= 11 is 0. The van der Waals surface area contributed by atoms with Gasteiger partial charge in [-0.05, 0) is 5.56 Å². The molecule has 0 atom stereocenters. The van der Waals surface area contributed by atoms with E-state index in [0.717, 1.165) is 16.7 Å². The standard InChI is InChI=1S/C10H14O.3C7H7.Ti/c1-10(2,8-11)9-6-4-3-5-7-9;3*1-7-5-3-2-4-6-7;/h3-7,11H,8H2,1-2H3;3*2-6H,1H2;/q;3*-1;+3. The van der Waals surface area contributed by atoms with Crippen molar-refractivity contribution in [2.45, 2.75) is 19.3 Å². The van der Waals surface area contributed by atoms with E-state index >= 15 is 0 Å². The predicted octanol–water partition coefficient (Wildman–Crippen LogP) is 7.56. The summed E-state index contributed by atoms with van der Waals surface area (Å²) in [5.74, 6) is 0. The quantitative estimate of drug-likeness (QED) is 0.236. The van der Waals surface area contributed by atoms with Crippen LogP contribution in [0.5, 0.6) is 0 Å². The van der Waals surface area contributed by atoms with Crippen molar-refractivity contribution in [1.82, 2.24) is 0 Å². The first kappa shape index (κ1) is 30.2. The van der Waals surface area contributed by atoms with Gasteiger partial charge in [0.25, 0.3) is 0 Å². The molecule has 1 N–H and O–H groups in total. The summed E-state index contributed by atoms with van der Waals surface area (Å²) < 4.78 is 0. The van der Waals surface area contributed by atoms with Gasteiger partial charge in [0, 0.05) is 5.41 Å². The van der Waals surface area contributed by atoms with E-state index in [1.807, 2.05) is 135 Å². The van der Waals surface area contributed by atoms with Crippen molar-refractivity contribution in [1.29, 1.82) is 0 Å². The van der Waals surface area contributed by atoms with E-state index in [1.165, 1.54) is 5.56 Å². The van der Waals surface area contributed by atoms with Gasteiger partial charge < -0.3 is 5.11 Å². The fourth-order valence-electron chi connectivity index (χ4n) is 2.41. The molecule has 0 saturated carbocycles. The zero-order chi connectivity index (χ0) is 23.7. The zero-order valence-electron chi connectivity index (χ0n) is 19.8. The van der Waals surface area contributed by atoms with E-state index in [2.05, 4.69) is 20.8 Å². The van der Waals surface area contributed by atoms with Crippen molar-refractivity contribution in [3.05, 3.63) is 164 Å². The smallest absolute Gasteiger partial charge is 0.395 e. The maximum atomic E-state index is 9.05. The van der Waals surface area contributed by atoms with E-state index < -0.39 is 0 Å². The molecule has 0 heterocycles. The van der Waals surface area contributed by atoms with Crippen LogP contribution in [0.1, 0.15) is 36.1 Å². The molecule has 0 saturated heterocycles. The largest absolute Gasteiger partial charge is 3.00 e. The monoisotopic (exact) mass is 471 g/mol. The molecule has 4 aromatic rings. The molecule has 169 valence electrons. The van der Waals surface area contributed by atoms with Gasteiger partial charge in [-0.25, -0.2) is 0 Å². The van der Waals surface area contributed by atoms with Crippen LogP contribution in [0.15, 0.2) is 121 Å². The van der Waals surface area contributed by atoms with Gasteiger partial charge in [0.05, 0.1) is 6.61 Å². The average Bonchev–Trinajstić information content (AvgIpc) is 2.82. The van der Waals surface area contributed by atoms with Crippen LogP contribution in [0.3, 0.4) is 0 Å². The normalized spacial score (nSPS) is 9.30. The van der Waals surface area contributed by atoms with E-state index in [1.54, 1.807) is 0 Å². The van der Waals surface area contributed by atoms with Gasteiger partial charge >= 0.3 is 21.7 Å². The minimum atomic E-state index is -0.110.